The molecule has 2 nitrogen and oxygen atoms in total. The minimum Gasteiger partial charge on any atom is -0.317 e. The first-order valence-corrected chi connectivity index (χ1v) is 8.31. The monoisotopic (exact) mass is 266 g/mol. The Morgan fingerprint density at radius 1 is 1.11 bits per heavy atom. The van der Waals surface area contributed by atoms with E-state index in [1.807, 2.05) is 0 Å². The van der Waals surface area contributed by atoms with Crippen LogP contribution in [0.15, 0.2) is 0 Å². The number of likely N-dealkylation sites (tertiary alicyclic amines) is 1. The van der Waals surface area contributed by atoms with Crippen LogP contribution in [0.4, 0.5) is 0 Å². The van der Waals surface area contributed by atoms with Crippen molar-refractivity contribution >= 4 is 0 Å². The molecule has 1 N–H and O–H groups in total. The Morgan fingerprint density at radius 3 is 2.32 bits per heavy atom. The molecule has 4 atom stereocenters. The van der Waals surface area contributed by atoms with Crippen LogP contribution in [0.3, 0.4) is 0 Å². The van der Waals surface area contributed by atoms with Crippen LogP contribution in [0.25, 0.3) is 0 Å². The van der Waals surface area contributed by atoms with Crippen molar-refractivity contribution in [2.75, 3.05) is 26.7 Å². The molecule has 1 saturated heterocycles. The Hall–Kier alpha value is -0.0800. The van der Waals surface area contributed by atoms with E-state index in [0.29, 0.717) is 5.41 Å². The third-order valence-corrected chi connectivity index (χ3v) is 5.73. The van der Waals surface area contributed by atoms with E-state index >= 15 is 0 Å². The summed E-state index contributed by atoms with van der Waals surface area (Å²) in [5.74, 6) is 2.61. The third-order valence-electron chi connectivity index (χ3n) is 5.73. The molecule has 1 aliphatic carbocycles. The zero-order valence-corrected chi connectivity index (χ0v) is 13.7. The highest BCUT2D eigenvalue weighted by Gasteiger charge is 2.35. The van der Waals surface area contributed by atoms with E-state index in [-0.39, 0.29) is 0 Å². The van der Waals surface area contributed by atoms with E-state index in [1.165, 1.54) is 45.3 Å². The quantitative estimate of drug-likeness (QED) is 0.842. The predicted molar refractivity (Wildman–Crippen MR) is 83.4 cm³/mol. The normalized spacial score (nSPS) is 40.3. The number of nitrogens with one attached hydrogen (secondary N) is 1. The molecular weight excluding hydrogens is 232 g/mol. The van der Waals surface area contributed by atoms with Gasteiger partial charge in [-0.1, -0.05) is 27.7 Å². The van der Waals surface area contributed by atoms with Crippen LogP contribution in [0.5, 0.6) is 0 Å². The highest BCUT2D eigenvalue weighted by molar-refractivity contribution is 4.90. The van der Waals surface area contributed by atoms with Crippen LogP contribution in [0, 0.1) is 23.2 Å². The van der Waals surface area contributed by atoms with Gasteiger partial charge in [0.15, 0.2) is 0 Å². The van der Waals surface area contributed by atoms with Gasteiger partial charge in [0.25, 0.3) is 0 Å². The molecule has 0 aromatic heterocycles. The van der Waals surface area contributed by atoms with Crippen LogP contribution >= 0.6 is 0 Å². The zero-order chi connectivity index (χ0) is 14.0. The molecular formula is C17H34N2. The summed E-state index contributed by atoms with van der Waals surface area (Å²) in [5.41, 5.74) is 0.575. The van der Waals surface area contributed by atoms with Crippen molar-refractivity contribution in [3.05, 3.63) is 0 Å². The fourth-order valence-electron chi connectivity index (χ4n) is 4.19. The lowest BCUT2D eigenvalue weighted by Gasteiger charge is -2.44. The lowest BCUT2D eigenvalue weighted by molar-refractivity contribution is 0.0682. The molecule has 4 unspecified atom stereocenters. The molecule has 0 spiro atoms. The summed E-state index contributed by atoms with van der Waals surface area (Å²) in [6, 6.07) is 0.730. The van der Waals surface area contributed by atoms with Crippen LogP contribution in [-0.2, 0) is 0 Å². The molecule has 0 radical (unpaired) electrons. The van der Waals surface area contributed by atoms with Gasteiger partial charge in [0.2, 0.25) is 0 Å². The van der Waals surface area contributed by atoms with Gasteiger partial charge in [-0.25, -0.2) is 0 Å². The lowest BCUT2D eigenvalue weighted by atomic mass is 9.72. The van der Waals surface area contributed by atoms with Gasteiger partial charge in [0.1, 0.15) is 0 Å². The maximum absolute atomic E-state index is 3.59. The van der Waals surface area contributed by atoms with Crippen LogP contribution in [0.1, 0.15) is 53.4 Å². The molecule has 1 heterocycles. The van der Waals surface area contributed by atoms with E-state index in [9.17, 15) is 0 Å². The van der Waals surface area contributed by atoms with E-state index in [1.54, 1.807) is 0 Å². The van der Waals surface area contributed by atoms with Gasteiger partial charge in [-0.3, -0.25) is 0 Å². The molecule has 0 aromatic rings. The fraction of sp³-hybridized carbons (Fsp3) is 1.00. The first kappa shape index (κ1) is 15.3. The first-order valence-electron chi connectivity index (χ1n) is 8.31. The second-order valence-corrected chi connectivity index (χ2v) is 8.08. The topological polar surface area (TPSA) is 15.3 Å². The third kappa shape index (κ3) is 3.95. The summed E-state index contributed by atoms with van der Waals surface area (Å²) < 4.78 is 0. The van der Waals surface area contributed by atoms with E-state index in [2.05, 4.69) is 45.0 Å². The lowest BCUT2D eigenvalue weighted by Crippen LogP contribution is -2.49. The van der Waals surface area contributed by atoms with Gasteiger partial charge in [-0.15, -0.1) is 0 Å². The maximum atomic E-state index is 3.59. The Morgan fingerprint density at radius 2 is 1.74 bits per heavy atom. The highest BCUT2D eigenvalue weighted by atomic mass is 15.1. The van der Waals surface area contributed by atoms with E-state index < -0.39 is 0 Å². The van der Waals surface area contributed by atoms with Crippen molar-refractivity contribution in [3.63, 3.8) is 0 Å². The molecule has 1 saturated carbocycles. The molecule has 1 aliphatic heterocycles. The van der Waals surface area contributed by atoms with E-state index in [0.717, 1.165) is 23.8 Å². The largest absolute Gasteiger partial charge is 0.317 e. The minimum atomic E-state index is 0.575. The number of hydrogen-bond acceptors (Lipinski definition) is 2. The summed E-state index contributed by atoms with van der Waals surface area (Å²) in [7, 11) is 2.15. The smallest absolute Gasteiger partial charge is 0.0110 e. The molecule has 0 amide bonds. The summed E-state index contributed by atoms with van der Waals surface area (Å²) >= 11 is 0. The minimum absolute atomic E-state index is 0.575. The van der Waals surface area contributed by atoms with Crippen molar-refractivity contribution < 1.29 is 0 Å². The first-order chi connectivity index (χ1) is 8.91. The average Bonchev–Trinajstić information content (AvgIpc) is 2.34. The molecule has 2 heteroatoms. The van der Waals surface area contributed by atoms with Crippen molar-refractivity contribution in [2.45, 2.75) is 59.4 Å². The second kappa shape index (κ2) is 6.13. The number of nitrogens with zero attached hydrogens (tertiary/aromatic N) is 1. The van der Waals surface area contributed by atoms with Gasteiger partial charge < -0.3 is 10.2 Å². The Bertz CT molecular complexity index is 277. The predicted octanol–water partition coefficient (Wildman–Crippen LogP) is 3.38. The Kier molecular flexibility index (Phi) is 4.94. The van der Waals surface area contributed by atoms with Gasteiger partial charge in [-0.2, -0.15) is 0 Å². The maximum Gasteiger partial charge on any atom is 0.0110 e. The van der Waals surface area contributed by atoms with Crippen LogP contribution in [0.2, 0.25) is 0 Å². The van der Waals surface area contributed by atoms with Gasteiger partial charge in [-0.05, 0) is 69.0 Å². The highest BCUT2D eigenvalue weighted by Crippen LogP contribution is 2.36. The standard InChI is InChI=1S/C17H34N2/c1-13-10-14(2)15(16(11-13)18-5)12-19-8-6-17(3,4)7-9-19/h13-16,18H,6-12H2,1-5H3. The molecule has 2 aliphatic rings. The van der Waals surface area contributed by atoms with E-state index in [4.69, 9.17) is 0 Å². The number of rotatable bonds is 3. The second-order valence-electron chi connectivity index (χ2n) is 8.08. The Labute approximate surface area is 120 Å². The summed E-state index contributed by atoms with van der Waals surface area (Å²) in [5, 5.41) is 3.59. The van der Waals surface area contributed by atoms with Gasteiger partial charge >= 0.3 is 0 Å². The molecule has 112 valence electrons. The summed E-state index contributed by atoms with van der Waals surface area (Å²) in [4.78, 5) is 2.73. The van der Waals surface area contributed by atoms with Crippen LogP contribution < -0.4 is 5.32 Å². The van der Waals surface area contributed by atoms with Gasteiger partial charge in [0, 0.05) is 12.6 Å². The van der Waals surface area contributed by atoms with Crippen molar-refractivity contribution in [1.29, 1.82) is 0 Å². The van der Waals surface area contributed by atoms with Crippen molar-refractivity contribution in [1.82, 2.24) is 10.2 Å². The van der Waals surface area contributed by atoms with Crippen LogP contribution in [-0.4, -0.2) is 37.6 Å². The Balaban J connectivity index is 1.90. The molecule has 2 fully saturated rings. The SMILES string of the molecule is CNC1CC(C)CC(C)C1CN1CCC(C)(C)CC1. The zero-order valence-electron chi connectivity index (χ0n) is 13.7. The molecule has 2 rings (SSSR count). The number of piperidine rings is 1. The summed E-state index contributed by atoms with van der Waals surface area (Å²) in [6.07, 6.45) is 5.52. The molecule has 19 heavy (non-hydrogen) atoms. The number of hydrogen-bond donors (Lipinski definition) is 1. The fourth-order valence-corrected chi connectivity index (χ4v) is 4.19. The summed E-state index contributed by atoms with van der Waals surface area (Å²) in [6.45, 7) is 13.7. The van der Waals surface area contributed by atoms with Crippen molar-refractivity contribution in [3.8, 4) is 0 Å². The molecule has 0 aromatic carbocycles. The average molecular weight is 266 g/mol. The van der Waals surface area contributed by atoms with Gasteiger partial charge in [0.05, 0.1) is 0 Å². The van der Waals surface area contributed by atoms with Crippen molar-refractivity contribution in [2.24, 2.45) is 23.2 Å². The molecule has 0 bridgehead atoms.